The molecule has 0 aromatic carbocycles. The Morgan fingerprint density at radius 1 is 1.80 bits per heavy atom. The first kappa shape index (κ1) is 12.1. The van der Waals surface area contributed by atoms with E-state index in [0.717, 1.165) is 5.16 Å². The third kappa shape index (κ3) is 3.56. The van der Waals surface area contributed by atoms with Crippen LogP contribution < -0.4 is 5.73 Å². The summed E-state index contributed by atoms with van der Waals surface area (Å²) in [6.45, 7) is 3.76. The lowest BCUT2D eigenvalue weighted by atomic mass is 10.1. The fraction of sp³-hybridized carbons (Fsp3) is 0.556. The summed E-state index contributed by atoms with van der Waals surface area (Å²) in [6.07, 6.45) is 3.38. The Kier molecular flexibility index (Phi) is 4.16. The van der Waals surface area contributed by atoms with Crippen molar-refractivity contribution < 1.29 is 9.53 Å². The number of nitrogens with two attached hydrogens (primary N) is 1. The number of ether oxygens (including phenoxy) is 1. The van der Waals surface area contributed by atoms with E-state index < -0.39 is 5.54 Å². The molecule has 1 unspecified atom stereocenters. The largest absolute Gasteiger partial charge is 0.465 e. The van der Waals surface area contributed by atoms with E-state index in [-0.39, 0.29) is 5.97 Å². The predicted octanol–water partition coefficient (Wildman–Crippen LogP) is 0.782. The maximum atomic E-state index is 11.4. The van der Waals surface area contributed by atoms with Crippen LogP contribution >= 0.6 is 11.8 Å². The van der Waals surface area contributed by atoms with Crippen LogP contribution in [0.4, 0.5) is 0 Å². The van der Waals surface area contributed by atoms with Crippen molar-refractivity contribution in [2.24, 2.45) is 5.73 Å². The summed E-state index contributed by atoms with van der Waals surface area (Å²) in [5.74, 6) is 0.0448. The molecule has 0 amide bonds. The topological polar surface area (TPSA) is 81.0 Å². The van der Waals surface area contributed by atoms with Crippen molar-refractivity contribution in [3.05, 3.63) is 12.4 Å². The van der Waals surface area contributed by atoms with Gasteiger partial charge in [0.2, 0.25) is 0 Å². The summed E-state index contributed by atoms with van der Waals surface area (Å²) < 4.78 is 4.87. The van der Waals surface area contributed by atoms with E-state index in [9.17, 15) is 4.79 Å². The summed E-state index contributed by atoms with van der Waals surface area (Å²) in [5.41, 5.74) is 4.85. The molecule has 6 heteroatoms. The van der Waals surface area contributed by atoms with E-state index in [1.54, 1.807) is 26.2 Å². The Labute approximate surface area is 92.8 Å². The first-order chi connectivity index (χ1) is 7.06. The quantitative estimate of drug-likeness (QED) is 0.576. The van der Waals surface area contributed by atoms with Gasteiger partial charge in [-0.1, -0.05) is 11.8 Å². The van der Waals surface area contributed by atoms with Crippen molar-refractivity contribution in [1.29, 1.82) is 0 Å². The molecule has 0 bridgehead atoms. The van der Waals surface area contributed by atoms with Gasteiger partial charge in [0.15, 0.2) is 5.16 Å². The average Bonchev–Trinajstić information content (AvgIpc) is 2.68. The first-order valence-electron chi connectivity index (χ1n) is 4.64. The molecule has 1 aromatic heterocycles. The van der Waals surface area contributed by atoms with Crippen LogP contribution in [0.15, 0.2) is 17.6 Å². The van der Waals surface area contributed by atoms with Gasteiger partial charge >= 0.3 is 5.97 Å². The number of aromatic nitrogens is 2. The summed E-state index contributed by atoms with van der Waals surface area (Å²) >= 11 is 1.40. The van der Waals surface area contributed by atoms with Gasteiger partial charge in [-0.2, -0.15) is 0 Å². The molecule has 0 fully saturated rings. The fourth-order valence-electron chi connectivity index (χ4n) is 0.903. The number of nitrogens with zero attached hydrogens (tertiary/aromatic N) is 1. The third-order valence-electron chi connectivity index (χ3n) is 1.72. The molecule has 84 valence electrons. The zero-order valence-corrected chi connectivity index (χ0v) is 9.63. The second kappa shape index (κ2) is 5.18. The van der Waals surface area contributed by atoms with Gasteiger partial charge < -0.3 is 15.5 Å². The normalized spacial score (nSPS) is 14.6. The highest BCUT2D eigenvalue weighted by atomic mass is 32.2. The number of rotatable bonds is 5. The zero-order valence-electron chi connectivity index (χ0n) is 8.82. The van der Waals surface area contributed by atoms with Crippen LogP contribution in [0.1, 0.15) is 13.8 Å². The molecule has 5 nitrogen and oxygen atoms in total. The number of imidazole rings is 1. The molecule has 0 radical (unpaired) electrons. The highest BCUT2D eigenvalue weighted by molar-refractivity contribution is 7.99. The van der Waals surface area contributed by atoms with Crippen molar-refractivity contribution in [3.8, 4) is 0 Å². The summed E-state index contributed by atoms with van der Waals surface area (Å²) in [4.78, 5) is 18.4. The van der Waals surface area contributed by atoms with Gasteiger partial charge in [-0.3, -0.25) is 4.79 Å². The number of carbonyl (C=O) groups excluding carboxylic acids is 1. The molecule has 1 heterocycles. The van der Waals surface area contributed by atoms with Crippen LogP contribution in [-0.2, 0) is 9.53 Å². The minimum Gasteiger partial charge on any atom is -0.465 e. The van der Waals surface area contributed by atoms with E-state index in [1.165, 1.54) is 11.8 Å². The van der Waals surface area contributed by atoms with Crippen molar-refractivity contribution >= 4 is 17.7 Å². The van der Waals surface area contributed by atoms with Crippen molar-refractivity contribution in [3.63, 3.8) is 0 Å². The van der Waals surface area contributed by atoms with Crippen LogP contribution in [0.3, 0.4) is 0 Å². The van der Waals surface area contributed by atoms with E-state index >= 15 is 0 Å². The van der Waals surface area contributed by atoms with Crippen LogP contribution in [0, 0.1) is 0 Å². The Balaban J connectivity index is 2.45. The number of hydrogen-bond acceptors (Lipinski definition) is 5. The van der Waals surface area contributed by atoms with Crippen molar-refractivity contribution in [2.45, 2.75) is 24.5 Å². The second-order valence-electron chi connectivity index (χ2n) is 3.32. The van der Waals surface area contributed by atoms with E-state index in [2.05, 4.69) is 9.97 Å². The third-order valence-corrected chi connectivity index (χ3v) is 2.96. The first-order valence-corrected chi connectivity index (χ1v) is 5.63. The molecule has 0 aliphatic heterocycles. The molecule has 1 rings (SSSR count). The molecule has 1 atom stereocenters. The van der Waals surface area contributed by atoms with Gasteiger partial charge in [0.25, 0.3) is 0 Å². The molecular formula is C9H15N3O2S. The van der Waals surface area contributed by atoms with E-state index in [4.69, 9.17) is 10.5 Å². The van der Waals surface area contributed by atoms with Gasteiger partial charge in [-0.05, 0) is 13.8 Å². The number of thioether (sulfide) groups is 1. The molecule has 0 aliphatic carbocycles. The highest BCUT2D eigenvalue weighted by Gasteiger charge is 2.30. The molecule has 0 spiro atoms. The standard InChI is InChI=1S/C9H15N3O2S/c1-3-14-7(13)9(2,10)6-15-8-11-4-5-12-8/h4-5H,3,6,10H2,1-2H3,(H,11,12). The van der Waals surface area contributed by atoms with Gasteiger partial charge in [0.1, 0.15) is 5.54 Å². The van der Waals surface area contributed by atoms with E-state index in [0.29, 0.717) is 12.4 Å². The van der Waals surface area contributed by atoms with Gasteiger partial charge in [0.05, 0.1) is 6.61 Å². The Morgan fingerprint density at radius 2 is 2.53 bits per heavy atom. The smallest absolute Gasteiger partial charge is 0.326 e. The van der Waals surface area contributed by atoms with Crippen LogP contribution in [0.25, 0.3) is 0 Å². The van der Waals surface area contributed by atoms with Crippen LogP contribution in [-0.4, -0.2) is 33.8 Å². The zero-order chi connectivity index (χ0) is 11.3. The predicted molar refractivity (Wildman–Crippen MR) is 58.5 cm³/mol. The molecular weight excluding hydrogens is 214 g/mol. The minimum atomic E-state index is -0.979. The number of esters is 1. The van der Waals surface area contributed by atoms with Crippen molar-refractivity contribution in [1.82, 2.24) is 9.97 Å². The summed E-state index contributed by atoms with van der Waals surface area (Å²) in [5, 5.41) is 0.746. The monoisotopic (exact) mass is 229 g/mol. The van der Waals surface area contributed by atoms with Crippen LogP contribution in [0.2, 0.25) is 0 Å². The lowest BCUT2D eigenvalue weighted by Gasteiger charge is -2.20. The molecule has 0 saturated heterocycles. The van der Waals surface area contributed by atoms with E-state index in [1.807, 2.05) is 0 Å². The number of nitrogens with one attached hydrogen (secondary N) is 1. The lowest BCUT2D eigenvalue weighted by molar-refractivity contribution is -0.148. The van der Waals surface area contributed by atoms with Gasteiger partial charge in [-0.15, -0.1) is 0 Å². The average molecular weight is 229 g/mol. The highest BCUT2D eigenvalue weighted by Crippen LogP contribution is 2.18. The summed E-state index contributed by atoms with van der Waals surface area (Å²) in [7, 11) is 0. The molecule has 0 saturated carbocycles. The number of H-pyrrole nitrogens is 1. The minimum absolute atomic E-state index is 0.344. The number of hydrogen-bond donors (Lipinski definition) is 2. The number of aromatic amines is 1. The SMILES string of the molecule is CCOC(=O)C(C)(N)CSc1ncc[nH]1. The van der Waals surface area contributed by atoms with Gasteiger partial charge in [-0.25, -0.2) is 4.98 Å². The van der Waals surface area contributed by atoms with Crippen molar-refractivity contribution in [2.75, 3.05) is 12.4 Å². The van der Waals surface area contributed by atoms with Crippen LogP contribution in [0.5, 0.6) is 0 Å². The molecule has 15 heavy (non-hydrogen) atoms. The molecule has 3 N–H and O–H groups in total. The Bertz CT molecular complexity index is 311. The number of carbonyl (C=O) groups is 1. The molecule has 0 aliphatic rings. The maximum absolute atomic E-state index is 11.4. The Morgan fingerprint density at radius 3 is 3.07 bits per heavy atom. The molecule has 1 aromatic rings. The maximum Gasteiger partial charge on any atom is 0.326 e. The summed E-state index contributed by atoms with van der Waals surface area (Å²) in [6, 6.07) is 0. The fourth-order valence-corrected chi connectivity index (χ4v) is 1.74. The van der Waals surface area contributed by atoms with Gasteiger partial charge in [0, 0.05) is 18.1 Å². The second-order valence-corrected chi connectivity index (χ2v) is 4.28. The lowest BCUT2D eigenvalue weighted by Crippen LogP contribution is -2.48. The Hall–Kier alpha value is -1.01.